The minimum atomic E-state index is 0.874. The summed E-state index contributed by atoms with van der Waals surface area (Å²) in [6.07, 6.45) is 4.56. The van der Waals surface area contributed by atoms with Gasteiger partial charge in [0, 0.05) is 14.9 Å². The van der Waals surface area contributed by atoms with Crippen molar-refractivity contribution >= 4 is 34.4 Å². The van der Waals surface area contributed by atoms with Crippen molar-refractivity contribution in [2.24, 2.45) is 4.99 Å². The molecule has 0 unspecified atom stereocenters. The van der Waals surface area contributed by atoms with Gasteiger partial charge in [0.05, 0.1) is 0 Å². The highest BCUT2D eigenvalue weighted by molar-refractivity contribution is 9.14. The lowest BCUT2D eigenvalue weighted by Gasteiger charge is -2.08. The Bertz CT molecular complexity index is 327. The van der Waals surface area contributed by atoms with Crippen LogP contribution in [0.4, 0.5) is 0 Å². The van der Waals surface area contributed by atoms with Crippen molar-refractivity contribution in [1.29, 1.82) is 0 Å². The zero-order chi connectivity index (χ0) is 11.8. The lowest BCUT2D eigenvalue weighted by atomic mass is 10.1. The molecule has 0 amide bonds. The van der Waals surface area contributed by atoms with Crippen molar-refractivity contribution in [3.05, 3.63) is 45.3 Å². The van der Waals surface area contributed by atoms with Crippen LogP contribution in [0.15, 0.2) is 50.3 Å². The van der Waals surface area contributed by atoms with Gasteiger partial charge in [0.2, 0.25) is 0 Å². The Morgan fingerprint density at radius 3 is 2.47 bits per heavy atom. The van der Waals surface area contributed by atoms with Crippen LogP contribution in [0.2, 0.25) is 0 Å². The van der Waals surface area contributed by atoms with Crippen molar-refractivity contribution in [2.45, 2.75) is 20.3 Å². The first-order valence-corrected chi connectivity index (χ1v) is 6.08. The van der Waals surface area contributed by atoms with Gasteiger partial charge in [-0.3, -0.25) is 4.99 Å². The average molecular weight is 286 g/mol. The summed E-state index contributed by atoms with van der Waals surface area (Å²) >= 11 is 4.84. The molecule has 0 aromatic carbocycles. The van der Waals surface area contributed by atoms with E-state index in [0.29, 0.717) is 0 Å². The average Bonchev–Trinajstić information content (AvgIpc) is 2.15. The van der Waals surface area contributed by atoms with Gasteiger partial charge < -0.3 is 0 Å². The second-order valence-electron chi connectivity index (χ2n) is 3.06. The highest BCUT2D eigenvalue weighted by Crippen LogP contribution is 2.33. The van der Waals surface area contributed by atoms with Gasteiger partial charge in [-0.15, -0.1) is 0 Å². The van der Waals surface area contributed by atoms with E-state index in [1.807, 2.05) is 6.08 Å². The van der Waals surface area contributed by atoms with E-state index >= 15 is 0 Å². The maximum atomic E-state index is 4.00. The number of rotatable bonds is 6. The van der Waals surface area contributed by atoms with Gasteiger partial charge in [0.25, 0.3) is 0 Å². The number of hydrogen-bond donors (Lipinski definition) is 0. The molecule has 0 aromatic rings. The van der Waals surface area contributed by atoms with Gasteiger partial charge in [-0.1, -0.05) is 36.6 Å². The fourth-order valence-electron chi connectivity index (χ4n) is 0.905. The highest BCUT2D eigenvalue weighted by Gasteiger charge is 2.02. The Morgan fingerprint density at radius 1 is 1.40 bits per heavy atom. The Kier molecular flexibility index (Phi) is 7.44. The third-order valence-electron chi connectivity index (χ3n) is 1.93. The van der Waals surface area contributed by atoms with Crippen LogP contribution >= 0.6 is 27.7 Å². The molecule has 0 aliphatic heterocycles. The topological polar surface area (TPSA) is 12.4 Å². The Morgan fingerprint density at radius 2 is 2.00 bits per heavy atom. The van der Waals surface area contributed by atoms with Crippen molar-refractivity contribution in [2.75, 3.05) is 0 Å². The van der Waals surface area contributed by atoms with Gasteiger partial charge in [-0.05, 0) is 48.5 Å². The quantitative estimate of drug-likeness (QED) is 0.492. The number of nitrogens with zero attached hydrogens (tertiary/aromatic N) is 1. The van der Waals surface area contributed by atoms with E-state index in [4.69, 9.17) is 0 Å². The molecule has 0 radical (unpaired) electrons. The van der Waals surface area contributed by atoms with Gasteiger partial charge >= 0.3 is 0 Å². The molecule has 0 atom stereocenters. The predicted octanol–water partition coefficient (Wildman–Crippen LogP) is 5.04. The van der Waals surface area contributed by atoms with Crippen LogP contribution in [-0.4, -0.2) is 6.72 Å². The van der Waals surface area contributed by atoms with Crippen LogP contribution in [0.1, 0.15) is 20.3 Å². The summed E-state index contributed by atoms with van der Waals surface area (Å²) < 4.78 is 0.878. The molecule has 0 saturated heterocycles. The van der Waals surface area contributed by atoms with Gasteiger partial charge in [-0.2, -0.15) is 0 Å². The molecule has 0 aromatic heterocycles. The van der Waals surface area contributed by atoms with E-state index < -0.39 is 0 Å². The van der Waals surface area contributed by atoms with Crippen LogP contribution in [-0.2, 0) is 0 Å². The van der Waals surface area contributed by atoms with Crippen LogP contribution < -0.4 is 0 Å². The lowest BCUT2D eigenvalue weighted by molar-refractivity contribution is 1.15. The summed E-state index contributed by atoms with van der Waals surface area (Å²) in [5.74, 6) is 0. The van der Waals surface area contributed by atoms with E-state index in [9.17, 15) is 0 Å². The fraction of sp³-hybridized carbons (Fsp3) is 0.250. The summed E-state index contributed by atoms with van der Waals surface area (Å²) in [6, 6.07) is 0. The molecule has 0 fully saturated rings. The molecular weight excluding hydrogens is 270 g/mol. The first-order chi connectivity index (χ1) is 6.99. The van der Waals surface area contributed by atoms with Gasteiger partial charge in [-0.25, -0.2) is 0 Å². The van der Waals surface area contributed by atoms with Crippen molar-refractivity contribution in [1.82, 2.24) is 0 Å². The fourth-order valence-corrected chi connectivity index (χ4v) is 2.09. The molecule has 3 heteroatoms. The van der Waals surface area contributed by atoms with E-state index in [1.54, 1.807) is 18.0 Å². The molecule has 15 heavy (non-hydrogen) atoms. The number of allylic oxidation sites excluding steroid dienone is 3. The van der Waals surface area contributed by atoms with Crippen LogP contribution in [0.3, 0.4) is 0 Å². The summed E-state index contributed by atoms with van der Waals surface area (Å²) in [7, 11) is 0. The zero-order valence-corrected chi connectivity index (χ0v) is 11.6. The monoisotopic (exact) mass is 285 g/mol. The van der Waals surface area contributed by atoms with E-state index in [-0.39, 0.29) is 0 Å². The standard InChI is InChI=1S/C12H16BrNS/c1-9(7-6-8-14-5)10(2)11(3)15-12(4)13/h6,8H,3-5,7H2,1-2H3/b8-6-,10-9+. The third kappa shape index (κ3) is 6.52. The third-order valence-corrected chi connectivity index (χ3v) is 3.19. The summed E-state index contributed by atoms with van der Waals surface area (Å²) in [4.78, 5) is 4.68. The molecule has 0 saturated carbocycles. The molecule has 0 aliphatic carbocycles. The molecule has 82 valence electrons. The van der Waals surface area contributed by atoms with Crippen molar-refractivity contribution in [3.63, 3.8) is 0 Å². The zero-order valence-electron chi connectivity index (χ0n) is 9.22. The normalized spacial score (nSPS) is 12.5. The maximum Gasteiger partial charge on any atom is 0.0479 e. The Balaban J connectivity index is 4.48. The molecule has 1 nitrogen and oxygen atoms in total. The van der Waals surface area contributed by atoms with Gasteiger partial charge in [0.1, 0.15) is 0 Å². The lowest BCUT2D eigenvalue weighted by Crippen LogP contribution is -1.84. The summed E-state index contributed by atoms with van der Waals surface area (Å²) in [5, 5.41) is 0. The largest absolute Gasteiger partial charge is 0.273 e. The smallest absolute Gasteiger partial charge is 0.0479 e. The predicted molar refractivity (Wildman–Crippen MR) is 76.5 cm³/mol. The van der Waals surface area contributed by atoms with Gasteiger partial charge in [0.15, 0.2) is 0 Å². The van der Waals surface area contributed by atoms with E-state index in [1.165, 1.54) is 11.1 Å². The molecule has 0 N–H and O–H groups in total. The van der Waals surface area contributed by atoms with Crippen LogP contribution in [0.25, 0.3) is 0 Å². The second-order valence-corrected chi connectivity index (χ2v) is 5.73. The minimum Gasteiger partial charge on any atom is -0.273 e. The number of halogens is 1. The molecule has 0 spiro atoms. The van der Waals surface area contributed by atoms with E-state index in [2.05, 4.69) is 54.6 Å². The summed E-state index contributed by atoms with van der Waals surface area (Å²) in [5.41, 5.74) is 2.48. The van der Waals surface area contributed by atoms with Crippen LogP contribution in [0.5, 0.6) is 0 Å². The summed E-state index contributed by atoms with van der Waals surface area (Å²) in [6.45, 7) is 15.3. The van der Waals surface area contributed by atoms with Crippen molar-refractivity contribution in [3.8, 4) is 0 Å². The first-order valence-electron chi connectivity index (χ1n) is 4.47. The molecule has 0 rings (SSSR count). The molecule has 0 aliphatic rings. The minimum absolute atomic E-state index is 0.874. The SMILES string of the molecule is C=N/C=C\C/C(C)=C(\C)C(=C)SC(=C)Br. The molecule has 0 bridgehead atoms. The van der Waals surface area contributed by atoms with Crippen molar-refractivity contribution < 1.29 is 0 Å². The molecular formula is C12H16BrNS. The highest BCUT2D eigenvalue weighted by atomic mass is 79.9. The Hall–Kier alpha value is -0.540. The number of thioether (sulfide) groups is 1. The molecule has 0 heterocycles. The maximum absolute atomic E-state index is 4.00. The Labute approximate surface area is 105 Å². The number of hydrogen-bond acceptors (Lipinski definition) is 2. The first kappa shape index (κ1) is 14.5. The number of aliphatic imine (C=N–C) groups is 1. The van der Waals surface area contributed by atoms with E-state index in [0.717, 1.165) is 15.1 Å². The second kappa shape index (κ2) is 7.71. The van der Waals surface area contributed by atoms with Crippen LogP contribution in [0, 0.1) is 0 Å².